The second-order valence-electron chi connectivity index (χ2n) is 6.24. The summed E-state index contributed by atoms with van der Waals surface area (Å²) in [6.45, 7) is 0.669. The predicted molar refractivity (Wildman–Crippen MR) is 99.6 cm³/mol. The normalized spacial score (nSPS) is 15.9. The highest BCUT2D eigenvalue weighted by Gasteiger charge is 2.27. The molecule has 2 heterocycles. The van der Waals surface area contributed by atoms with Crippen molar-refractivity contribution in [1.29, 1.82) is 0 Å². The summed E-state index contributed by atoms with van der Waals surface area (Å²) in [6.07, 6.45) is 3.26. The minimum absolute atomic E-state index is 0.0549. The SMILES string of the molecule is O=C(N[C@H]1COc2ccccc2NC1=O)c1cn(Cc2ccccc2)cn1. The fraction of sp³-hybridized carbons (Fsp3) is 0.150. The summed E-state index contributed by atoms with van der Waals surface area (Å²) in [5.74, 6) is -0.164. The number of imidazole rings is 1. The summed E-state index contributed by atoms with van der Waals surface area (Å²) in [4.78, 5) is 29.0. The number of hydrogen-bond acceptors (Lipinski definition) is 4. The Labute approximate surface area is 156 Å². The third-order valence-electron chi connectivity index (χ3n) is 4.25. The van der Waals surface area contributed by atoms with Gasteiger partial charge in [-0.1, -0.05) is 42.5 Å². The van der Waals surface area contributed by atoms with E-state index in [-0.39, 0.29) is 18.2 Å². The Bertz CT molecular complexity index is 968. The van der Waals surface area contributed by atoms with Gasteiger partial charge in [0, 0.05) is 12.7 Å². The molecule has 3 aromatic rings. The van der Waals surface area contributed by atoms with E-state index in [1.165, 1.54) is 0 Å². The molecule has 0 bridgehead atoms. The molecule has 1 aliphatic heterocycles. The van der Waals surface area contributed by atoms with E-state index in [0.717, 1.165) is 5.56 Å². The van der Waals surface area contributed by atoms with Crippen molar-refractivity contribution < 1.29 is 14.3 Å². The molecule has 7 nitrogen and oxygen atoms in total. The lowest BCUT2D eigenvalue weighted by Crippen LogP contribution is -2.46. The van der Waals surface area contributed by atoms with Gasteiger partial charge >= 0.3 is 0 Å². The van der Waals surface area contributed by atoms with E-state index in [1.54, 1.807) is 30.7 Å². The Kier molecular flexibility index (Phi) is 4.57. The summed E-state index contributed by atoms with van der Waals surface area (Å²) in [5, 5.41) is 5.45. The van der Waals surface area contributed by atoms with Crippen molar-refractivity contribution in [3.05, 3.63) is 78.4 Å². The molecule has 0 unspecified atom stereocenters. The number of hydrogen-bond donors (Lipinski definition) is 2. The molecule has 7 heteroatoms. The first-order valence-corrected chi connectivity index (χ1v) is 8.58. The van der Waals surface area contributed by atoms with Crippen LogP contribution in [0.4, 0.5) is 5.69 Å². The molecule has 2 N–H and O–H groups in total. The van der Waals surface area contributed by atoms with Crippen LogP contribution in [0.1, 0.15) is 16.1 Å². The van der Waals surface area contributed by atoms with Gasteiger partial charge in [0.2, 0.25) is 0 Å². The monoisotopic (exact) mass is 362 g/mol. The van der Waals surface area contributed by atoms with E-state index in [9.17, 15) is 9.59 Å². The molecule has 1 atom stereocenters. The topological polar surface area (TPSA) is 85.3 Å². The molecular weight excluding hydrogens is 344 g/mol. The first-order chi connectivity index (χ1) is 13.2. The lowest BCUT2D eigenvalue weighted by Gasteiger charge is -2.13. The molecule has 0 radical (unpaired) electrons. The van der Waals surface area contributed by atoms with Crippen LogP contribution in [-0.2, 0) is 11.3 Å². The van der Waals surface area contributed by atoms with E-state index in [2.05, 4.69) is 15.6 Å². The maximum Gasteiger partial charge on any atom is 0.272 e. The zero-order valence-electron chi connectivity index (χ0n) is 14.5. The van der Waals surface area contributed by atoms with Crippen LogP contribution in [0.15, 0.2) is 67.1 Å². The number of rotatable bonds is 4. The average molecular weight is 362 g/mol. The molecule has 1 aliphatic rings. The molecule has 0 fully saturated rings. The average Bonchev–Trinajstić information content (AvgIpc) is 3.09. The maximum absolute atomic E-state index is 12.5. The zero-order valence-corrected chi connectivity index (χ0v) is 14.5. The highest BCUT2D eigenvalue weighted by Crippen LogP contribution is 2.26. The minimum Gasteiger partial charge on any atom is -0.489 e. The summed E-state index contributed by atoms with van der Waals surface area (Å²) < 4.78 is 7.45. The Morgan fingerprint density at radius 2 is 1.96 bits per heavy atom. The quantitative estimate of drug-likeness (QED) is 0.744. The van der Waals surface area contributed by atoms with Crippen LogP contribution in [0.3, 0.4) is 0 Å². The van der Waals surface area contributed by atoms with Gasteiger partial charge in [0.1, 0.15) is 24.1 Å². The Morgan fingerprint density at radius 3 is 2.81 bits per heavy atom. The molecule has 0 aliphatic carbocycles. The standard InChI is InChI=1S/C20H18N4O3/c25-19(16-11-24(13-21-16)10-14-6-2-1-3-7-14)23-17-12-27-18-9-5-4-8-15(18)22-20(17)26/h1-9,11,13,17H,10,12H2,(H,22,26)(H,23,25)/t17-/m0/s1. The maximum atomic E-state index is 12.5. The van der Waals surface area contributed by atoms with Crippen LogP contribution < -0.4 is 15.4 Å². The van der Waals surface area contributed by atoms with Crippen molar-refractivity contribution in [3.8, 4) is 5.75 Å². The number of nitrogens with zero attached hydrogens (tertiary/aromatic N) is 2. The van der Waals surface area contributed by atoms with Crippen LogP contribution >= 0.6 is 0 Å². The van der Waals surface area contributed by atoms with Crippen molar-refractivity contribution in [2.45, 2.75) is 12.6 Å². The number of carbonyl (C=O) groups is 2. The van der Waals surface area contributed by atoms with Gasteiger partial charge < -0.3 is 19.9 Å². The summed E-state index contributed by atoms with van der Waals surface area (Å²) >= 11 is 0. The molecule has 0 spiro atoms. The molecular formula is C20H18N4O3. The van der Waals surface area contributed by atoms with E-state index in [1.807, 2.05) is 41.0 Å². The van der Waals surface area contributed by atoms with Crippen LogP contribution in [0.2, 0.25) is 0 Å². The second kappa shape index (κ2) is 7.33. The number of carbonyl (C=O) groups excluding carboxylic acids is 2. The molecule has 27 heavy (non-hydrogen) atoms. The Balaban J connectivity index is 1.41. The molecule has 0 saturated heterocycles. The highest BCUT2D eigenvalue weighted by atomic mass is 16.5. The Hall–Kier alpha value is -3.61. The molecule has 2 aromatic carbocycles. The number of nitrogens with one attached hydrogen (secondary N) is 2. The molecule has 2 amide bonds. The van der Waals surface area contributed by atoms with Gasteiger partial charge in [-0.2, -0.15) is 0 Å². The van der Waals surface area contributed by atoms with Crippen molar-refractivity contribution in [2.75, 3.05) is 11.9 Å². The van der Waals surface area contributed by atoms with Crippen molar-refractivity contribution in [1.82, 2.24) is 14.9 Å². The number of amides is 2. The number of benzene rings is 2. The first kappa shape index (κ1) is 16.8. The van der Waals surface area contributed by atoms with E-state index in [0.29, 0.717) is 18.0 Å². The lowest BCUT2D eigenvalue weighted by atomic mass is 10.2. The molecule has 0 saturated carbocycles. The molecule has 1 aromatic heterocycles. The van der Waals surface area contributed by atoms with E-state index < -0.39 is 11.9 Å². The van der Waals surface area contributed by atoms with E-state index >= 15 is 0 Å². The van der Waals surface area contributed by atoms with Crippen molar-refractivity contribution in [3.63, 3.8) is 0 Å². The van der Waals surface area contributed by atoms with Gasteiger partial charge in [0.05, 0.1) is 12.0 Å². The zero-order chi connectivity index (χ0) is 18.6. The van der Waals surface area contributed by atoms with Crippen LogP contribution in [0.5, 0.6) is 5.75 Å². The number of fused-ring (bicyclic) bond motifs is 1. The van der Waals surface area contributed by atoms with Crippen LogP contribution in [-0.4, -0.2) is 34.0 Å². The van der Waals surface area contributed by atoms with Crippen molar-refractivity contribution >= 4 is 17.5 Å². The number of aromatic nitrogens is 2. The summed E-state index contributed by atoms with van der Waals surface area (Å²) in [5.41, 5.74) is 1.95. The van der Waals surface area contributed by atoms with Gasteiger partial charge in [-0.3, -0.25) is 9.59 Å². The van der Waals surface area contributed by atoms with E-state index in [4.69, 9.17) is 4.74 Å². The second-order valence-corrected chi connectivity index (χ2v) is 6.24. The largest absolute Gasteiger partial charge is 0.489 e. The van der Waals surface area contributed by atoms with Crippen LogP contribution in [0.25, 0.3) is 0 Å². The lowest BCUT2D eigenvalue weighted by molar-refractivity contribution is -0.118. The fourth-order valence-corrected chi connectivity index (χ4v) is 2.86. The summed E-state index contributed by atoms with van der Waals surface area (Å²) in [6, 6.07) is 16.2. The smallest absolute Gasteiger partial charge is 0.272 e. The van der Waals surface area contributed by atoms with Crippen molar-refractivity contribution in [2.24, 2.45) is 0 Å². The van der Waals surface area contributed by atoms with Gasteiger partial charge in [-0.15, -0.1) is 0 Å². The van der Waals surface area contributed by atoms with Gasteiger partial charge in [-0.25, -0.2) is 4.98 Å². The third kappa shape index (κ3) is 3.82. The fourth-order valence-electron chi connectivity index (χ4n) is 2.86. The minimum atomic E-state index is -0.802. The van der Waals surface area contributed by atoms with Gasteiger partial charge in [0.15, 0.2) is 0 Å². The summed E-state index contributed by atoms with van der Waals surface area (Å²) in [7, 11) is 0. The predicted octanol–water partition coefficient (Wildman–Crippen LogP) is 2.06. The van der Waals surface area contributed by atoms with Crippen LogP contribution in [0, 0.1) is 0 Å². The molecule has 4 rings (SSSR count). The first-order valence-electron chi connectivity index (χ1n) is 8.58. The third-order valence-corrected chi connectivity index (χ3v) is 4.25. The number of para-hydroxylation sites is 2. The van der Waals surface area contributed by atoms with Gasteiger partial charge in [-0.05, 0) is 17.7 Å². The Morgan fingerprint density at radius 1 is 1.19 bits per heavy atom. The number of anilines is 1. The highest BCUT2D eigenvalue weighted by molar-refractivity contribution is 6.01. The van der Waals surface area contributed by atoms with Gasteiger partial charge in [0.25, 0.3) is 11.8 Å². The number of ether oxygens (including phenoxy) is 1. The molecule has 136 valence electrons.